The van der Waals surface area contributed by atoms with Gasteiger partial charge in [-0.1, -0.05) is 99.5 Å². The minimum Gasteiger partial charge on any atom is -0.434 e. The molecule has 0 unspecified atom stereocenters. The number of benzene rings is 2. The molecule has 4 nitrogen and oxygen atoms in total. The Bertz CT molecular complexity index is 760. The minimum atomic E-state index is -0.674. The fourth-order valence-electron chi connectivity index (χ4n) is 2.87. The van der Waals surface area contributed by atoms with E-state index in [1.165, 1.54) is 56.7 Å². The Hall–Kier alpha value is -2.27. The summed E-state index contributed by atoms with van der Waals surface area (Å²) in [4.78, 5) is 16.3. The Labute approximate surface area is 185 Å². The topological polar surface area (TPSA) is 47.9 Å². The molecule has 0 radical (unpaired) electrons. The molecule has 0 saturated carbocycles. The Kier molecular flexibility index (Phi) is 11.7. The van der Waals surface area contributed by atoms with Gasteiger partial charge in [-0.25, -0.2) is 4.79 Å². The van der Waals surface area contributed by atoms with Crippen LogP contribution in [-0.2, 0) is 0 Å². The van der Waals surface area contributed by atoms with E-state index < -0.39 is 6.09 Å². The molecular formula is C25H33NO3S. The number of para-hydroxylation sites is 1. The van der Waals surface area contributed by atoms with Crippen molar-refractivity contribution < 1.29 is 14.3 Å². The standard InChI is InChI=1S/C25H33NO3S/c1-3-4-5-6-7-8-9-13-20-30-25(29-23-18-16-21(2)17-19-23)26-24(27)28-22-14-11-10-12-15-22/h10-12,14-19H,3-9,13,20H2,1-2H3/b26-25+. The van der Waals surface area contributed by atoms with Gasteiger partial charge in [0.1, 0.15) is 11.5 Å². The van der Waals surface area contributed by atoms with Gasteiger partial charge in [-0.3, -0.25) is 0 Å². The van der Waals surface area contributed by atoms with E-state index in [0.717, 1.165) is 17.7 Å². The van der Waals surface area contributed by atoms with Gasteiger partial charge in [0.2, 0.25) is 0 Å². The number of carbonyl (C=O) groups is 1. The molecular weight excluding hydrogens is 394 g/mol. The summed E-state index contributed by atoms with van der Waals surface area (Å²) in [5.74, 6) is 1.99. The van der Waals surface area contributed by atoms with Gasteiger partial charge in [-0.15, -0.1) is 4.99 Å². The Morgan fingerprint density at radius 3 is 2.07 bits per heavy atom. The lowest BCUT2D eigenvalue weighted by Crippen LogP contribution is -2.11. The maximum Gasteiger partial charge on any atom is 0.442 e. The second kappa shape index (κ2) is 14.7. The van der Waals surface area contributed by atoms with Gasteiger partial charge in [-0.2, -0.15) is 0 Å². The summed E-state index contributed by atoms with van der Waals surface area (Å²) in [6, 6.07) is 16.6. The molecule has 162 valence electrons. The third-order valence-corrected chi connectivity index (χ3v) is 5.49. The first-order valence-electron chi connectivity index (χ1n) is 10.9. The molecule has 0 aromatic heterocycles. The number of carbonyl (C=O) groups excluding carboxylic acids is 1. The molecule has 0 aliphatic heterocycles. The highest BCUT2D eigenvalue weighted by molar-refractivity contribution is 8.13. The molecule has 0 N–H and O–H groups in total. The third-order valence-electron chi connectivity index (χ3n) is 4.58. The number of hydrogen-bond donors (Lipinski definition) is 0. The van der Waals surface area contributed by atoms with Crippen molar-refractivity contribution in [3.05, 3.63) is 60.2 Å². The van der Waals surface area contributed by atoms with Crippen molar-refractivity contribution in [1.82, 2.24) is 0 Å². The zero-order valence-electron chi connectivity index (χ0n) is 18.1. The van der Waals surface area contributed by atoms with Crippen LogP contribution in [0.15, 0.2) is 59.6 Å². The van der Waals surface area contributed by atoms with E-state index in [-0.39, 0.29) is 0 Å². The van der Waals surface area contributed by atoms with E-state index >= 15 is 0 Å². The number of aryl methyl sites for hydroxylation is 1. The summed E-state index contributed by atoms with van der Waals surface area (Å²) in [5, 5.41) is 0.322. The van der Waals surface area contributed by atoms with Crippen LogP contribution in [0.2, 0.25) is 0 Å². The molecule has 0 aliphatic rings. The summed E-state index contributed by atoms with van der Waals surface area (Å²) in [7, 11) is 0. The molecule has 1 amide bonds. The van der Waals surface area contributed by atoms with Crippen LogP contribution in [0.25, 0.3) is 0 Å². The molecule has 0 heterocycles. The quantitative estimate of drug-likeness (QED) is 0.208. The first-order valence-corrected chi connectivity index (χ1v) is 11.9. The van der Waals surface area contributed by atoms with Crippen molar-refractivity contribution in [2.24, 2.45) is 4.99 Å². The van der Waals surface area contributed by atoms with Crippen molar-refractivity contribution in [1.29, 1.82) is 0 Å². The zero-order chi connectivity index (χ0) is 21.4. The van der Waals surface area contributed by atoms with E-state index in [1.807, 2.05) is 49.4 Å². The maximum absolute atomic E-state index is 12.2. The van der Waals surface area contributed by atoms with Crippen molar-refractivity contribution >= 4 is 23.1 Å². The van der Waals surface area contributed by atoms with E-state index in [0.29, 0.717) is 16.7 Å². The predicted molar refractivity (Wildman–Crippen MR) is 127 cm³/mol. The van der Waals surface area contributed by atoms with Crippen LogP contribution in [-0.4, -0.2) is 17.1 Å². The molecule has 5 heteroatoms. The summed E-state index contributed by atoms with van der Waals surface area (Å²) in [5.41, 5.74) is 1.15. The van der Waals surface area contributed by atoms with Crippen molar-refractivity contribution in [3.8, 4) is 11.5 Å². The van der Waals surface area contributed by atoms with Crippen LogP contribution in [0, 0.1) is 6.92 Å². The maximum atomic E-state index is 12.2. The van der Waals surface area contributed by atoms with Crippen molar-refractivity contribution in [2.45, 2.75) is 65.2 Å². The van der Waals surface area contributed by atoms with Crippen LogP contribution in [0.1, 0.15) is 63.9 Å². The zero-order valence-corrected chi connectivity index (χ0v) is 19.0. The highest BCUT2D eigenvalue weighted by Crippen LogP contribution is 2.19. The molecule has 0 bridgehead atoms. The number of aliphatic imine (C=N–C) groups is 1. The Morgan fingerprint density at radius 2 is 1.40 bits per heavy atom. The molecule has 2 aromatic carbocycles. The molecule has 2 aromatic rings. The average Bonchev–Trinajstić information content (AvgIpc) is 2.74. The molecule has 0 saturated heterocycles. The lowest BCUT2D eigenvalue weighted by Gasteiger charge is -2.09. The van der Waals surface area contributed by atoms with Crippen molar-refractivity contribution in [2.75, 3.05) is 5.75 Å². The van der Waals surface area contributed by atoms with E-state index in [4.69, 9.17) is 9.47 Å². The van der Waals surface area contributed by atoms with E-state index in [9.17, 15) is 4.79 Å². The molecule has 0 aliphatic carbocycles. The van der Waals surface area contributed by atoms with Crippen LogP contribution in [0.3, 0.4) is 0 Å². The fraction of sp³-hybridized carbons (Fsp3) is 0.440. The van der Waals surface area contributed by atoms with Crippen LogP contribution >= 0.6 is 11.8 Å². The van der Waals surface area contributed by atoms with Gasteiger partial charge in [0.05, 0.1) is 0 Å². The van der Waals surface area contributed by atoms with Crippen LogP contribution in [0.4, 0.5) is 4.79 Å². The molecule has 0 fully saturated rings. The normalized spacial score (nSPS) is 11.3. The van der Waals surface area contributed by atoms with Gasteiger partial charge in [-0.05, 0) is 37.6 Å². The van der Waals surface area contributed by atoms with Gasteiger partial charge < -0.3 is 9.47 Å². The number of rotatable bonds is 11. The lowest BCUT2D eigenvalue weighted by molar-refractivity contribution is 0.211. The van der Waals surface area contributed by atoms with Gasteiger partial charge >= 0.3 is 6.09 Å². The van der Waals surface area contributed by atoms with Crippen LogP contribution < -0.4 is 9.47 Å². The summed E-state index contributed by atoms with van der Waals surface area (Å²) in [6.07, 6.45) is 9.43. The summed E-state index contributed by atoms with van der Waals surface area (Å²) >= 11 is 1.46. The first-order chi connectivity index (χ1) is 14.7. The molecule has 0 spiro atoms. The minimum absolute atomic E-state index is 0.322. The van der Waals surface area contributed by atoms with Gasteiger partial charge in [0.25, 0.3) is 5.23 Å². The average molecular weight is 428 g/mol. The second-order valence-electron chi connectivity index (χ2n) is 7.30. The number of unbranched alkanes of at least 4 members (excludes halogenated alkanes) is 7. The van der Waals surface area contributed by atoms with Crippen LogP contribution in [0.5, 0.6) is 11.5 Å². The number of ether oxygens (including phenoxy) is 2. The monoisotopic (exact) mass is 427 g/mol. The largest absolute Gasteiger partial charge is 0.442 e. The number of amides is 1. The van der Waals surface area contributed by atoms with E-state index in [2.05, 4.69) is 11.9 Å². The Balaban J connectivity index is 1.84. The SMILES string of the molecule is CCCCCCCCCCS/C(=N/C(=O)Oc1ccccc1)Oc1ccc(C)cc1. The predicted octanol–water partition coefficient (Wildman–Crippen LogP) is 7.80. The third kappa shape index (κ3) is 10.5. The summed E-state index contributed by atoms with van der Waals surface area (Å²) < 4.78 is 11.1. The number of nitrogens with zero attached hydrogens (tertiary/aromatic N) is 1. The van der Waals surface area contributed by atoms with Gasteiger partial charge in [0.15, 0.2) is 0 Å². The smallest absolute Gasteiger partial charge is 0.434 e. The highest BCUT2D eigenvalue weighted by atomic mass is 32.2. The second-order valence-corrected chi connectivity index (χ2v) is 8.34. The lowest BCUT2D eigenvalue weighted by atomic mass is 10.1. The summed E-state index contributed by atoms with van der Waals surface area (Å²) in [6.45, 7) is 4.26. The van der Waals surface area contributed by atoms with E-state index in [1.54, 1.807) is 12.1 Å². The molecule has 2 rings (SSSR count). The Morgan fingerprint density at radius 1 is 0.800 bits per heavy atom. The number of hydrogen-bond acceptors (Lipinski definition) is 4. The fourth-order valence-corrected chi connectivity index (χ4v) is 3.69. The molecule has 0 atom stereocenters. The van der Waals surface area contributed by atoms with Crippen molar-refractivity contribution in [3.63, 3.8) is 0 Å². The highest BCUT2D eigenvalue weighted by Gasteiger charge is 2.10. The number of thioether (sulfide) groups is 1. The van der Waals surface area contributed by atoms with Gasteiger partial charge in [0, 0.05) is 5.75 Å². The molecule has 30 heavy (non-hydrogen) atoms. The first kappa shape index (κ1) is 24.0.